The number of primary amides is 1. The van der Waals surface area contributed by atoms with Crippen LogP contribution in [0.25, 0.3) is 0 Å². The fraction of sp³-hybridized carbons (Fsp3) is 0.917. The molecule has 1 amide bonds. The number of hydrogen-bond donors (Lipinski definition) is 2. The van der Waals surface area contributed by atoms with Crippen LogP contribution in [-0.4, -0.2) is 42.5 Å². The second-order valence-electron chi connectivity index (χ2n) is 5.27. The Kier molecular flexibility index (Phi) is 3.82. The molecule has 2 fully saturated rings. The van der Waals surface area contributed by atoms with E-state index in [1.807, 2.05) is 0 Å². The number of nitrogens with one attached hydrogen (secondary N) is 1. The average Bonchev–Trinajstić information content (AvgIpc) is 2.73. The largest absolute Gasteiger partial charge is 0.369 e. The summed E-state index contributed by atoms with van der Waals surface area (Å²) >= 11 is 0. The average molecular weight is 225 g/mol. The van der Waals surface area contributed by atoms with Gasteiger partial charge in [-0.2, -0.15) is 0 Å². The highest BCUT2D eigenvalue weighted by atomic mass is 16.1. The van der Waals surface area contributed by atoms with Crippen LogP contribution in [0.5, 0.6) is 0 Å². The first kappa shape index (κ1) is 11.9. The van der Waals surface area contributed by atoms with Gasteiger partial charge in [0, 0.05) is 25.2 Å². The SMILES string of the molecule is CC1CCC(C(N)=O)CN1C[C@H]1CCCN1. The van der Waals surface area contributed by atoms with E-state index in [0.717, 1.165) is 32.5 Å². The molecule has 0 aliphatic carbocycles. The van der Waals surface area contributed by atoms with E-state index in [9.17, 15) is 4.79 Å². The summed E-state index contributed by atoms with van der Waals surface area (Å²) < 4.78 is 0. The van der Waals surface area contributed by atoms with Crippen LogP contribution in [-0.2, 0) is 4.79 Å². The van der Waals surface area contributed by atoms with Gasteiger partial charge in [-0.3, -0.25) is 9.69 Å². The maximum Gasteiger partial charge on any atom is 0.221 e. The molecule has 2 aliphatic rings. The Bertz CT molecular complexity index is 251. The van der Waals surface area contributed by atoms with Crippen molar-refractivity contribution < 1.29 is 4.79 Å². The minimum Gasteiger partial charge on any atom is -0.369 e. The Morgan fingerprint density at radius 3 is 2.88 bits per heavy atom. The highest BCUT2D eigenvalue weighted by Gasteiger charge is 2.30. The van der Waals surface area contributed by atoms with Crippen molar-refractivity contribution in [2.24, 2.45) is 11.7 Å². The molecule has 3 N–H and O–H groups in total. The molecule has 0 radical (unpaired) electrons. The quantitative estimate of drug-likeness (QED) is 0.727. The van der Waals surface area contributed by atoms with Crippen molar-refractivity contribution in [2.45, 2.75) is 44.7 Å². The minimum atomic E-state index is -0.128. The second-order valence-corrected chi connectivity index (χ2v) is 5.27. The lowest BCUT2D eigenvalue weighted by Crippen LogP contribution is -2.49. The van der Waals surface area contributed by atoms with Crippen LogP contribution in [0.1, 0.15) is 32.6 Å². The fourth-order valence-electron chi connectivity index (χ4n) is 2.86. The first-order valence-electron chi connectivity index (χ1n) is 6.43. The van der Waals surface area contributed by atoms with Crippen molar-refractivity contribution in [1.82, 2.24) is 10.2 Å². The zero-order valence-electron chi connectivity index (χ0n) is 10.1. The summed E-state index contributed by atoms with van der Waals surface area (Å²) in [7, 11) is 0. The second kappa shape index (κ2) is 5.15. The summed E-state index contributed by atoms with van der Waals surface area (Å²) in [6.45, 7) is 5.33. The molecular weight excluding hydrogens is 202 g/mol. The number of nitrogens with two attached hydrogens (primary N) is 1. The number of likely N-dealkylation sites (tertiary alicyclic amines) is 1. The molecule has 0 saturated carbocycles. The van der Waals surface area contributed by atoms with Gasteiger partial charge in [-0.25, -0.2) is 0 Å². The molecule has 3 atom stereocenters. The standard InChI is InChI=1S/C12H23N3O/c1-9-4-5-10(12(13)16)7-15(9)8-11-3-2-6-14-11/h9-11,14H,2-8H2,1H3,(H2,13,16)/t9?,10?,11-/m1/s1. The van der Waals surface area contributed by atoms with E-state index in [1.54, 1.807) is 0 Å². The number of carbonyl (C=O) groups is 1. The van der Waals surface area contributed by atoms with Gasteiger partial charge in [0.15, 0.2) is 0 Å². The topological polar surface area (TPSA) is 58.4 Å². The normalized spacial score (nSPS) is 36.4. The van der Waals surface area contributed by atoms with Crippen molar-refractivity contribution >= 4 is 5.91 Å². The van der Waals surface area contributed by atoms with E-state index in [4.69, 9.17) is 5.73 Å². The minimum absolute atomic E-state index is 0.0672. The van der Waals surface area contributed by atoms with Gasteiger partial charge in [-0.05, 0) is 39.2 Å². The zero-order chi connectivity index (χ0) is 11.5. The van der Waals surface area contributed by atoms with E-state index in [2.05, 4.69) is 17.1 Å². The lowest BCUT2D eigenvalue weighted by Gasteiger charge is -2.38. The lowest BCUT2D eigenvalue weighted by atomic mass is 9.92. The van der Waals surface area contributed by atoms with Crippen LogP contribution in [0, 0.1) is 5.92 Å². The highest BCUT2D eigenvalue weighted by molar-refractivity contribution is 5.76. The summed E-state index contributed by atoms with van der Waals surface area (Å²) in [5.41, 5.74) is 5.40. The Morgan fingerprint density at radius 2 is 2.25 bits per heavy atom. The predicted molar refractivity (Wildman–Crippen MR) is 64.0 cm³/mol. The van der Waals surface area contributed by atoms with Crippen molar-refractivity contribution in [1.29, 1.82) is 0 Å². The van der Waals surface area contributed by atoms with Gasteiger partial charge >= 0.3 is 0 Å². The Labute approximate surface area is 97.6 Å². The molecule has 0 spiro atoms. The molecule has 4 nitrogen and oxygen atoms in total. The fourth-order valence-corrected chi connectivity index (χ4v) is 2.86. The Balaban J connectivity index is 1.87. The van der Waals surface area contributed by atoms with Crippen molar-refractivity contribution in [2.75, 3.05) is 19.6 Å². The smallest absolute Gasteiger partial charge is 0.221 e. The van der Waals surface area contributed by atoms with Gasteiger partial charge in [0.05, 0.1) is 5.92 Å². The van der Waals surface area contributed by atoms with Crippen molar-refractivity contribution in [3.8, 4) is 0 Å². The van der Waals surface area contributed by atoms with E-state index in [-0.39, 0.29) is 11.8 Å². The van der Waals surface area contributed by atoms with Gasteiger partial charge in [-0.1, -0.05) is 0 Å². The Morgan fingerprint density at radius 1 is 1.44 bits per heavy atom. The maximum absolute atomic E-state index is 11.2. The molecule has 0 bridgehead atoms. The van der Waals surface area contributed by atoms with Gasteiger partial charge in [0.1, 0.15) is 0 Å². The third-order valence-corrected chi connectivity index (χ3v) is 4.03. The van der Waals surface area contributed by atoms with Crippen LogP contribution in [0.4, 0.5) is 0 Å². The first-order valence-corrected chi connectivity index (χ1v) is 6.43. The van der Waals surface area contributed by atoms with E-state index in [1.165, 1.54) is 12.8 Å². The molecule has 0 aromatic carbocycles. The number of amides is 1. The molecule has 0 aromatic rings. The zero-order valence-corrected chi connectivity index (χ0v) is 10.1. The lowest BCUT2D eigenvalue weighted by molar-refractivity contribution is -0.124. The molecule has 16 heavy (non-hydrogen) atoms. The van der Waals surface area contributed by atoms with Crippen LogP contribution < -0.4 is 11.1 Å². The van der Waals surface area contributed by atoms with Gasteiger partial charge in [0.2, 0.25) is 5.91 Å². The van der Waals surface area contributed by atoms with Gasteiger partial charge in [0.25, 0.3) is 0 Å². The molecule has 2 rings (SSSR count). The van der Waals surface area contributed by atoms with E-state index >= 15 is 0 Å². The molecular formula is C12H23N3O. The van der Waals surface area contributed by atoms with Crippen LogP contribution in [0.2, 0.25) is 0 Å². The summed E-state index contributed by atoms with van der Waals surface area (Å²) in [6, 6.07) is 1.21. The first-order chi connectivity index (χ1) is 7.66. The third kappa shape index (κ3) is 2.74. The molecule has 4 heteroatoms. The van der Waals surface area contributed by atoms with Gasteiger partial charge < -0.3 is 11.1 Å². The highest BCUT2D eigenvalue weighted by Crippen LogP contribution is 2.22. The van der Waals surface area contributed by atoms with Crippen LogP contribution in [0.3, 0.4) is 0 Å². The molecule has 2 saturated heterocycles. The van der Waals surface area contributed by atoms with Crippen LogP contribution >= 0.6 is 0 Å². The summed E-state index contributed by atoms with van der Waals surface area (Å²) in [5.74, 6) is -0.0612. The van der Waals surface area contributed by atoms with E-state index < -0.39 is 0 Å². The summed E-state index contributed by atoms with van der Waals surface area (Å²) in [4.78, 5) is 13.7. The van der Waals surface area contributed by atoms with Crippen LogP contribution in [0.15, 0.2) is 0 Å². The molecule has 92 valence electrons. The summed E-state index contributed by atoms with van der Waals surface area (Å²) in [6.07, 6.45) is 4.61. The monoisotopic (exact) mass is 225 g/mol. The number of rotatable bonds is 3. The van der Waals surface area contributed by atoms with E-state index in [0.29, 0.717) is 12.1 Å². The van der Waals surface area contributed by atoms with Crippen molar-refractivity contribution in [3.63, 3.8) is 0 Å². The molecule has 2 aliphatic heterocycles. The molecule has 2 heterocycles. The number of hydrogen-bond acceptors (Lipinski definition) is 3. The van der Waals surface area contributed by atoms with Crippen molar-refractivity contribution in [3.05, 3.63) is 0 Å². The Hall–Kier alpha value is -0.610. The third-order valence-electron chi connectivity index (χ3n) is 4.03. The summed E-state index contributed by atoms with van der Waals surface area (Å²) in [5, 5.41) is 3.51. The molecule has 2 unspecified atom stereocenters. The predicted octanol–water partition coefficient (Wildman–Crippen LogP) is 0.324. The maximum atomic E-state index is 11.2. The number of piperidine rings is 1. The number of nitrogens with zero attached hydrogens (tertiary/aromatic N) is 1. The van der Waals surface area contributed by atoms with Gasteiger partial charge in [-0.15, -0.1) is 0 Å². The molecule has 0 aromatic heterocycles. The number of carbonyl (C=O) groups excluding carboxylic acids is 1.